The van der Waals surface area contributed by atoms with Crippen molar-refractivity contribution in [2.24, 2.45) is 12.8 Å². The Balaban J connectivity index is 2.05. The quantitative estimate of drug-likeness (QED) is 0.876. The van der Waals surface area contributed by atoms with Crippen LogP contribution in [0.25, 0.3) is 0 Å². The molecule has 1 heterocycles. The van der Waals surface area contributed by atoms with E-state index in [4.69, 9.17) is 15.2 Å². The lowest BCUT2D eigenvalue weighted by Crippen LogP contribution is -2.11. The van der Waals surface area contributed by atoms with Gasteiger partial charge in [-0.1, -0.05) is 6.07 Å². The van der Waals surface area contributed by atoms with Crippen molar-refractivity contribution in [2.75, 3.05) is 13.7 Å². The highest BCUT2D eigenvalue weighted by molar-refractivity contribution is 5.42. The number of methoxy groups -OCH3 is 1. The molecule has 2 rings (SSSR count). The van der Waals surface area contributed by atoms with Crippen molar-refractivity contribution in [3.8, 4) is 11.5 Å². The van der Waals surface area contributed by atoms with Crippen LogP contribution in [0.4, 0.5) is 0 Å². The standard InChI is InChI=1S/C15H21N3O2/c1-11(16)14-5-4-13(19-3)10-15(14)20-9-7-12-6-8-17-18(12)2/h4-6,8,10-11H,7,9,16H2,1-3H3/t11-/m0/s1. The van der Waals surface area contributed by atoms with Crippen LogP contribution in [0, 0.1) is 0 Å². The zero-order valence-corrected chi connectivity index (χ0v) is 12.2. The SMILES string of the molecule is COc1ccc([C@H](C)N)c(OCCc2ccnn2C)c1. The Labute approximate surface area is 119 Å². The van der Waals surface area contributed by atoms with Crippen LogP contribution < -0.4 is 15.2 Å². The largest absolute Gasteiger partial charge is 0.497 e. The summed E-state index contributed by atoms with van der Waals surface area (Å²) in [6.45, 7) is 2.52. The fraction of sp³-hybridized carbons (Fsp3) is 0.400. The van der Waals surface area contributed by atoms with Crippen LogP contribution in [0.1, 0.15) is 24.2 Å². The van der Waals surface area contributed by atoms with Crippen molar-refractivity contribution in [3.05, 3.63) is 41.7 Å². The maximum absolute atomic E-state index is 5.96. The molecule has 0 spiro atoms. The van der Waals surface area contributed by atoms with Gasteiger partial charge >= 0.3 is 0 Å². The smallest absolute Gasteiger partial charge is 0.127 e. The first-order chi connectivity index (χ1) is 9.61. The molecule has 0 saturated carbocycles. The van der Waals surface area contributed by atoms with Gasteiger partial charge in [-0.3, -0.25) is 4.68 Å². The normalized spacial score (nSPS) is 12.2. The van der Waals surface area contributed by atoms with Crippen LogP contribution in [0.5, 0.6) is 11.5 Å². The Kier molecular flexibility index (Phi) is 4.63. The molecule has 5 heteroatoms. The summed E-state index contributed by atoms with van der Waals surface area (Å²) < 4.78 is 12.9. The first kappa shape index (κ1) is 14.4. The third-order valence-corrected chi connectivity index (χ3v) is 3.25. The summed E-state index contributed by atoms with van der Waals surface area (Å²) in [4.78, 5) is 0. The molecule has 0 aliphatic carbocycles. The van der Waals surface area contributed by atoms with Gasteiger partial charge in [-0.25, -0.2) is 0 Å². The zero-order valence-electron chi connectivity index (χ0n) is 12.2. The van der Waals surface area contributed by atoms with Crippen LogP contribution in [0.15, 0.2) is 30.5 Å². The minimum absolute atomic E-state index is 0.0763. The molecule has 0 aliphatic rings. The molecule has 0 radical (unpaired) electrons. The van der Waals surface area contributed by atoms with Crippen LogP contribution in [-0.4, -0.2) is 23.5 Å². The van der Waals surface area contributed by atoms with E-state index in [9.17, 15) is 0 Å². The van der Waals surface area contributed by atoms with Gasteiger partial charge in [0.1, 0.15) is 11.5 Å². The van der Waals surface area contributed by atoms with E-state index in [1.165, 1.54) is 0 Å². The third-order valence-electron chi connectivity index (χ3n) is 3.25. The summed E-state index contributed by atoms with van der Waals surface area (Å²) in [6, 6.07) is 7.63. The summed E-state index contributed by atoms with van der Waals surface area (Å²) in [5.74, 6) is 1.55. The minimum atomic E-state index is -0.0763. The van der Waals surface area contributed by atoms with Crippen LogP contribution in [0.3, 0.4) is 0 Å². The summed E-state index contributed by atoms with van der Waals surface area (Å²) in [7, 11) is 3.56. The molecule has 20 heavy (non-hydrogen) atoms. The highest BCUT2D eigenvalue weighted by Crippen LogP contribution is 2.28. The Morgan fingerprint density at radius 2 is 2.15 bits per heavy atom. The van der Waals surface area contributed by atoms with Gasteiger partial charge in [-0.15, -0.1) is 0 Å². The number of hydrogen-bond donors (Lipinski definition) is 1. The number of nitrogens with zero attached hydrogens (tertiary/aromatic N) is 2. The fourth-order valence-corrected chi connectivity index (χ4v) is 2.05. The number of aromatic nitrogens is 2. The van der Waals surface area contributed by atoms with Crippen molar-refractivity contribution in [2.45, 2.75) is 19.4 Å². The predicted octanol–water partition coefficient (Wildman–Crippen LogP) is 2.07. The van der Waals surface area contributed by atoms with E-state index in [1.54, 1.807) is 13.3 Å². The third kappa shape index (κ3) is 3.30. The molecule has 108 valence electrons. The number of benzene rings is 1. The van der Waals surface area contributed by atoms with Crippen LogP contribution >= 0.6 is 0 Å². The van der Waals surface area contributed by atoms with Gasteiger partial charge in [0.05, 0.1) is 13.7 Å². The van der Waals surface area contributed by atoms with Gasteiger partial charge in [-0.05, 0) is 19.1 Å². The van der Waals surface area contributed by atoms with E-state index >= 15 is 0 Å². The zero-order chi connectivity index (χ0) is 14.5. The number of aryl methyl sites for hydroxylation is 1. The molecule has 1 aromatic heterocycles. The summed E-state index contributed by atoms with van der Waals surface area (Å²) in [5, 5.41) is 4.14. The Bertz CT molecular complexity index is 564. The van der Waals surface area contributed by atoms with Crippen LogP contribution in [-0.2, 0) is 13.5 Å². The maximum Gasteiger partial charge on any atom is 0.127 e. The predicted molar refractivity (Wildman–Crippen MR) is 78.0 cm³/mol. The van der Waals surface area contributed by atoms with E-state index in [-0.39, 0.29) is 6.04 Å². The summed E-state index contributed by atoms with van der Waals surface area (Å²) >= 11 is 0. The molecular formula is C15H21N3O2. The van der Waals surface area contributed by atoms with Gasteiger partial charge in [0.25, 0.3) is 0 Å². The summed E-state index contributed by atoms with van der Waals surface area (Å²) in [5.41, 5.74) is 8.08. The second-order valence-corrected chi connectivity index (χ2v) is 4.74. The highest BCUT2D eigenvalue weighted by Gasteiger charge is 2.10. The van der Waals surface area contributed by atoms with Crippen LogP contribution in [0.2, 0.25) is 0 Å². The fourth-order valence-electron chi connectivity index (χ4n) is 2.05. The molecule has 0 saturated heterocycles. The second kappa shape index (κ2) is 6.43. The first-order valence-electron chi connectivity index (χ1n) is 6.65. The molecule has 5 nitrogen and oxygen atoms in total. The average molecular weight is 275 g/mol. The van der Waals surface area contributed by atoms with E-state index < -0.39 is 0 Å². The molecule has 0 aliphatic heterocycles. The summed E-state index contributed by atoms with van der Waals surface area (Å²) in [6.07, 6.45) is 2.58. The molecule has 0 bridgehead atoms. The lowest BCUT2D eigenvalue weighted by Gasteiger charge is -2.15. The van der Waals surface area contributed by atoms with Gasteiger partial charge in [0.15, 0.2) is 0 Å². The van der Waals surface area contributed by atoms with Crippen molar-refractivity contribution >= 4 is 0 Å². The lowest BCUT2D eigenvalue weighted by atomic mass is 10.1. The molecule has 1 atom stereocenters. The van der Waals surface area contributed by atoms with E-state index in [1.807, 2.05) is 42.9 Å². The molecule has 0 unspecified atom stereocenters. The lowest BCUT2D eigenvalue weighted by molar-refractivity contribution is 0.311. The van der Waals surface area contributed by atoms with E-state index in [0.717, 1.165) is 29.2 Å². The van der Waals surface area contributed by atoms with Gasteiger partial charge in [0, 0.05) is 43.0 Å². The minimum Gasteiger partial charge on any atom is -0.497 e. The van der Waals surface area contributed by atoms with Gasteiger partial charge in [-0.2, -0.15) is 5.10 Å². The Hall–Kier alpha value is -2.01. The molecular weight excluding hydrogens is 254 g/mol. The maximum atomic E-state index is 5.96. The average Bonchev–Trinajstić information content (AvgIpc) is 2.84. The molecule has 2 N–H and O–H groups in total. The molecule has 0 fully saturated rings. The van der Waals surface area contributed by atoms with Crippen molar-refractivity contribution < 1.29 is 9.47 Å². The van der Waals surface area contributed by atoms with Crippen molar-refractivity contribution in [3.63, 3.8) is 0 Å². The highest BCUT2D eigenvalue weighted by atomic mass is 16.5. The Morgan fingerprint density at radius 1 is 1.35 bits per heavy atom. The van der Waals surface area contributed by atoms with Crippen molar-refractivity contribution in [1.29, 1.82) is 0 Å². The Morgan fingerprint density at radius 3 is 2.75 bits per heavy atom. The number of ether oxygens (including phenoxy) is 2. The van der Waals surface area contributed by atoms with E-state index in [0.29, 0.717) is 6.61 Å². The van der Waals surface area contributed by atoms with Gasteiger partial charge in [0.2, 0.25) is 0 Å². The van der Waals surface area contributed by atoms with E-state index in [2.05, 4.69) is 5.10 Å². The molecule has 0 amide bonds. The van der Waals surface area contributed by atoms with Gasteiger partial charge < -0.3 is 15.2 Å². The molecule has 1 aromatic carbocycles. The number of nitrogens with two attached hydrogens (primary N) is 1. The molecule has 2 aromatic rings. The number of hydrogen-bond acceptors (Lipinski definition) is 4. The van der Waals surface area contributed by atoms with Crippen molar-refractivity contribution in [1.82, 2.24) is 9.78 Å². The monoisotopic (exact) mass is 275 g/mol. The first-order valence-corrected chi connectivity index (χ1v) is 6.65. The topological polar surface area (TPSA) is 62.3 Å². The number of rotatable bonds is 6. The second-order valence-electron chi connectivity index (χ2n) is 4.74.